The molecule has 0 radical (unpaired) electrons. The Morgan fingerprint density at radius 2 is 2.23 bits per heavy atom. The molecule has 70 valence electrons. The van der Waals surface area contributed by atoms with Crippen molar-refractivity contribution in [3.05, 3.63) is 34.0 Å². The van der Waals surface area contributed by atoms with Crippen LogP contribution >= 0.6 is 28.7 Å². The minimum atomic E-state index is 0. The van der Waals surface area contributed by atoms with Crippen molar-refractivity contribution in [2.45, 2.75) is 6.92 Å². The van der Waals surface area contributed by atoms with Crippen LogP contribution in [0.25, 0.3) is 0 Å². The van der Waals surface area contributed by atoms with Gasteiger partial charge in [0.05, 0.1) is 4.91 Å². The van der Waals surface area contributed by atoms with Crippen LogP contribution in [0.3, 0.4) is 0 Å². The van der Waals surface area contributed by atoms with Crippen molar-refractivity contribution in [1.82, 2.24) is 5.01 Å². The van der Waals surface area contributed by atoms with Crippen LogP contribution in [0.2, 0.25) is 0 Å². The topological polar surface area (TPSA) is 35.8 Å². The summed E-state index contributed by atoms with van der Waals surface area (Å²) in [6.07, 6.45) is 7.30. The van der Waals surface area contributed by atoms with Crippen LogP contribution < -0.4 is 0 Å². The Morgan fingerprint density at radius 3 is 3.00 bits per heavy atom. The second kappa shape index (κ2) is 4.02. The van der Waals surface area contributed by atoms with Gasteiger partial charge in [0.15, 0.2) is 0 Å². The highest BCUT2D eigenvalue weighted by molar-refractivity contribution is 8.93. The van der Waals surface area contributed by atoms with E-state index in [9.17, 15) is 5.11 Å². The van der Waals surface area contributed by atoms with Gasteiger partial charge in [-0.05, 0) is 19.1 Å². The average Bonchev–Trinajstić information content (AvgIpc) is 2.30. The second-order valence-electron chi connectivity index (χ2n) is 2.45. The Morgan fingerprint density at radius 1 is 1.46 bits per heavy atom. The third kappa shape index (κ3) is 1.81. The van der Waals surface area contributed by atoms with Gasteiger partial charge in [-0.25, -0.2) is 0 Å². The molecule has 0 unspecified atom stereocenters. The maximum atomic E-state index is 9.52. The van der Waals surface area contributed by atoms with Gasteiger partial charge >= 0.3 is 0 Å². The number of nitrogens with zero attached hydrogens (tertiary/aromatic N) is 2. The van der Waals surface area contributed by atoms with Crippen LogP contribution in [-0.2, 0) is 0 Å². The number of fused-ring (bicyclic) bond motifs is 1. The number of allylic oxidation sites excluding steroid dienone is 4. The minimum absolute atomic E-state index is 0. The fourth-order valence-corrected chi connectivity index (χ4v) is 1.87. The molecule has 1 N–H and O–H groups in total. The van der Waals surface area contributed by atoms with Gasteiger partial charge in [-0.2, -0.15) is 10.1 Å². The lowest BCUT2D eigenvalue weighted by atomic mass is 10.5. The Labute approximate surface area is 91.3 Å². The maximum Gasteiger partial charge on any atom is 0.222 e. The predicted octanol–water partition coefficient (Wildman–Crippen LogP) is 2.76. The molecule has 0 fully saturated rings. The van der Waals surface area contributed by atoms with E-state index >= 15 is 0 Å². The molecule has 2 heterocycles. The first-order valence-corrected chi connectivity index (χ1v) is 4.39. The number of aliphatic hydroxyl groups excluding tert-OH is 1. The summed E-state index contributed by atoms with van der Waals surface area (Å²) in [5.74, 6) is 0.228. The van der Waals surface area contributed by atoms with Gasteiger partial charge in [0.2, 0.25) is 5.88 Å². The highest BCUT2D eigenvalue weighted by atomic mass is 79.9. The van der Waals surface area contributed by atoms with Gasteiger partial charge < -0.3 is 5.11 Å². The van der Waals surface area contributed by atoms with Crippen molar-refractivity contribution in [2.24, 2.45) is 5.10 Å². The lowest BCUT2D eigenvalue weighted by molar-refractivity contribution is 0.260. The molecule has 2 aliphatic heterocycles. The summed E-state index contributed by atoms with van der Waals surface area (Å²) in [5, 5.41) is 16.0. The zero-order chi connectivity index (χ0) is 8.55. The highest BCUT2D eigenvalue weighted by Crippen LogP contribution is 2.39. The van der Waals surface area contributed by atoms with E-state index in [1.165, 1.54) is 16.8 Å². The van der Waals surface area contributed by atoms with Gasteiger partial charge in [0.25, 0.3) is 0 Å². The lowest BCUT2D eigenvalue weighted by Crippen LogP contribution is -2.09. The standard InChI is InChI=1S/C8H8N2OS.BrH/c1-6-8(11)10-7(12-6)4-2-3-5-9-10;/h2-5,11H,1H3;1H. The zero-order valence-electron chi connectivity index (χ0n) is 6.97. The second-order valence-corrected chi connectivity index (χ2v) is 3.68. The molecule has 0 bridgehead atoms. The van der Waals surface area contributed by atoms with Crippen molar-refractivity contribution in [1.29, 1.82) is 0 Å². The average molecular weight is 261 g/mol. The molecule has 0 aliphatic carbocycles. The fraction of sp³-hybridized carbons (Fsp3) is 0.125. The first-order valence-electron chi connectivity index (χ1n) is 3.58. The Kier molecular flexibility index (Phi) is 3.22. The van der Waals surface area contributed by atoms with E-state index in [1.54, 1.807) is 6.21 Å². The van der Waals surface area contributed by atoms with E-state index in [-0.39, 0.29) is 22.9 Å². The number of hydrogen-bond acceptors (Lipinski definition) is 4. The predicted molar refractivity (Wildman–Crippen MR) is 60.8 cm³/mol. The summed E-state index contributed by atoms with van der Waals surface area (Å²) in [7, 11) is 0. The van der Waals surface area contributed by atoms with Crippen LogP contribution in [0.1, 0.15) is 6.92 Å². The molecule has 0 atom stereocenters. The molecule has 2 rings (SSSR count). The fourth-order valence-electron chi connectivity index (χ4n) is 1.01. The van der Waals surface area contributed by atoms with Gasteiger partial charge in [-0.15, -0.1) is 17.0 Å². The molecule has 13 heavy (non-hydrogen) atoms. The SMILES string of the molecule is Br.CC1=C(O)N2N=CC=CC=C2S1. The molecule has 0 aromatic heterocycles. The molecule has 0 amide bonds. The molecular formula is C8H9BrN2OS. The molecule has 0 aromatic rings. The van der Waals surface area contributed by atoms with E-state index in [1.807, 2.05) is 25.2 Å². The van der Waals surface area contributed by atoms with Crippen molar-refractivity contribution >= 4 is 35.0 Å². The third-order valence-corrected chi connectivity index (χ3v) is 2.61. The number of hydrazone groups is 1. The number of halogens is 1. The van der Waals surface area contributed by atoms with E-state index in [4.69, 9.17) is 0 Å². The lowest BCUT2D eigenvalue weighted by Gasteiger charge is -2.10. The van der Waals surface area contributed by atoms with Crippen molar-refractivity contribution in [2.75, 3.05) is 0 Å². The summed E-state index contributed by atoms with van der Waals surface area (Å²) < 4.78 is 0. The van der Waals surface area contributed by atoms with E-state index in [0.717, 1.165) is 9.93 Å². The summed E-state index contributed by atoms with van der Waals surface area (Å²) >= 11 is 1.52. The number of rotatable bonds is 0. The molecular weight excluding hydrogens is 252 g/mol. The van der Waals surface area contributed by atoms with Crippen LogP contribution in [0.5, 0.6) is 0 Å². The normalized spacial score (nSPS) is 19.5. The van der Waals surface area contributed by atoms with E-state index in [2.05, 4.69) is 5.10 Å². The van der Waals surface area contributed by atoms with E-state index < -0.39 is 0 Å². The zero-order valence-corrected chi connectivity index (χ0v) is 9.50. The van der Waals surface area contributed by atoms with Gasteiger partial charge in [-0.1, -0.05) is 17.8 Å². The molecule has 0 saturated carbocycles. The minimum Gasteiger partial charge on any atom is -0.493 e. The Balaban J connectivity index is 0.000000845. The quantitative estimate of drug-likeness (QED) is 0.728. The van der Waals surface area contributed by atoms with Crippen molar-refractivity contribution in [3.8, 4) is 0 Å². The number of thioether (sulfide) groups is 1. The first kappa shape index (κ1) is 10.4. The number of aliphatic hydroxyl groups is 1. The Hall–Kier alpha value is -0.680. The monoisotopic (exact) mass is 260 g/mol. The maximum absolute atomic E-state index is 9.52. The first-order chi connectivity index (χ1) is 5.79. The molecule has 0 saturated heterocycles. The molecule has 0 spiro atoms. The summed E-state index contributed by atoms with van der Waals surface area (Å²) in [6.45, 7) is 1.87. The van der Waals surface area contributed by atoms with Crippen molar-refractivity contribution < 1.29 is 5.11 Å². The van der Waals surface area contributed by atoms with Gasteiger partial charge in [0.1, 0.15) is 5.03 Å². The molecule has 2 aliphatic rings. The van der Waals surface area contributed by atoms with Crippen LogP contribution in [0, 0.1) is 0 Å². The Bertz CT molecular complexity index is 333. The highest BCUT2D eigenvalue weighted by Gasteiger charge is 2.24. The third-order valence-electron chi connectivity index (χ3n) is 1.60. The largest absolute Gasteiger partial charge is 0.493 e. The molecule has 0 aromatic carbocycles. The smallest absolute Gasteiger partial charge is 0.222 e. The van der Waals surface area contributed by atoms with Crippen LogP contribution in [0.4, 0.5) is 0 Å². The van der Waals surface area contributed by atoms with E-state index in [0.29, 0.717) is 0 Å². The van der Waals surface area contributed by atoms with Crippen LogP contribution in [-0.4, -0.2) is 16.3 Å². The molecule has 5 heteroatoms. The van der Waals surface area contributed by atoms with Gasteiger partial charge in [0, 0.05) is 6.21 Å². The van der Waals surface area contributed by atoms with Gasteiger partial charge in [-0.3, -0.25) is 0 Å². The summed E-state index contributed by atoms with van der Waals surface area (Å²) in [5.41, 5.74) is 0. The summed E-state index contributed by atoms with van der Waals surface area (Å²) in [6, 6.07) is 0. The molecule has 3 nitrogen and oxygen atoms in total. The van der Waals surface area contributed by atoms with Crippen LogP contribution in [0.15, 0.2) is 39.1 Å². The summed E-state index contributed by atoms with van der Waals surface area (Å²) in [4.78, 5) is 0.883. The number of hydrogen-bond donors (Lipinski definition) is 1. The van der Waals surface area contributed by atoms with Crippen molar-refractivity contribution in [3.63, 3.8) is 0 Å².